The monoisotopic (exact) mass is 340 g/mol. The van der Waals surface area contributed by atoms with E-state index in [1.807, 2.05) is 0 Å². The van der Waals surface area contributed by atoms with E-state index in [2.05, 4.69) is 0 Å². The Bertz CT molecular complexity index is 39.4. The van der Waals surface area contributed by atoms with Gasteiger partial charge in [-0.3, -0.25) is 0 Å². The van der Waals surface area contributed by atoms with Gasteiger partial charge in [-0.05, 0) is 12.8 Å². The first-order valence-electron chi connectivity index (χ1n) is 2.01. The van der Waals surface area contributed by atoms with Crippen molar-refractivity contribution < 1.29 is 40.1 Å². The van der Waals surface area contributed by atoms with E-state index in [4.69, 9.17) is 18.2 Å². The molecular formula is C5H8Cl2Hg. The van der Waals surface area contributed by atoms with Gasteiger partial charge in [-0.25, -0.2) is 0 Å². The van der Waals surface area contributed by atoms with Gasteiger partial charge >= 0.3 is 27.7 Å². The van der Waals surface area contributed by atoms with Crippen molar-refractivity contribution in [3.8, 4) is 0 Å². The van der Waals surface area contributed by atoms with E-state index in [-0.39, 0.29) is 40.1 Å². The molecule has 0 spiro atoms. The minimum Gasteiger partial charge on any atom is -1.00 e. The Hall–Kier alpha value is 1.26. The van der Waals surface area contributed by atoms with E-state index in [0.717, 1.165) is 12.8 Å². The molecule has 3 heteroatoms. The summed E-state index contributed by atoms with van der Waals surface area (Å²) in [6.07, 6.45) is 3.56. The van der Waals surface area contributed by atoms with Crippen LogP contribution in [-0.2, 0) is 27.7 Å². The fourth-order valence-electron chi connectivity index (χ4n) is 0.195. The van der Waals surface area contributed by atoms with Crippen LogP contribution in [0.1, 0.15) is 12.8 Å². The molecule has 0 N–H and O–H groups in total. The van der Waals surface area contributed by atoms with Gasteiger partial charge in [0.1, 0.15) is 0 Å². The summed E-state index contributed by atoms with van der Waals surface area (Å²) in [5, 5.41) is 0. The average molecular weight is 340 g/mol. The van der Waals surface area contributed by atoms with Gasteiger partial charge in [-0.1, -0.05) is 12.7 Å². The second-order valence-electron chi connectivity index (χ2n) is 1.07. The van der Waals surface area contributed by atoms with Crippen LogP contribution in [0.25, 0.3) is 0 Å². The van der Waals surface area contributed by atoms with Crippen molar-refractivity contribution in [3.05, 3.63) is 12.7 Å². The van der Waals surface area contributed by atoms with Gasteiger partial charge in [0.05, 0.1) is 0 Å². The standard InChI is InChI=1S/C5H8Cl.ClH.Hg/c1-2-3-4-5-6;;/h1-2H,3-5H2;1H;/q;;+1/p-1. The molecule has 0 saturated carbocycles. The zero-order chi connectivity index (χ0) is 4.83. The molecule has 0 fully saturated rings. The molecule has 0 saturated heterocycles. The van der Waals surface area contributed by atoms with Crippen LogP contribution in [-0.4, -0.2) is 5.88 Å². The summed E-state index contributed by atoms with van der Waals surface area (Å²) >= 11 is 5.30. The molecule has 2 radical (unpaired) electrons. The molecule has 0 aliphatic rings. The van der Waals surface area contributed by atoms with Crippen LogP contribution in [0.3, 0.4) is 0 Å². The van der Waals surface area contributed by atoms with E-state index < -0.39 is 0 Å². The summed E-state index contributed by atoms with van der Waals surface area (Å²) in [5.41, 5.74) is 0. The fourth-order valence-corrected chi connectivity index (χ4v) is 0.349. The molecule has 0 amide bonds. The zero-order valence-corrected chi connectivity index (χ0v) is 11.7. The van der Waals surface area contributed by atoms with Crippen LogP contribution in [0.4, 0.5) is 0 Å². The molecule has 0 aliphatic carbocycles. The van der Waals surface area contributed by atoms with Crippen LogP contribution in [0.2, 0.25) is 0 Å². The number of hydrogen-bond donors (Lipinski definition) is 0. The summed E-state index contributed by atoms with van der Waals surface area (Å²) < 4.78 is 0. The number of rotatable bonds is 3. The second kappa shape index (κ2) is 15.7. The topological polar surface area (TPSA) is 0 Å². The van der Waals surface area contributed by atoms with E-state index in [1.165, 1.54) is 0 Å². The summed E-state index contributed by atoms with van der Waals surface area (Å²) in [5.74, 6) is 0.716. The molecule has 0 aromatic carbocycles. The first-order valence-corrected chi connectivity index (χ1v) is 2.54. The maximum absolute atomic E-state index is 5.30. The molecule has 0 nitrogen and oxygen atoms in total. The molecular weight excluding hydrogens is 332 g/mol. The molecule has 0 heterocycles. The van der Waals surface area contributed by atoms with Crippen molar-refractivity contribution in [2.24, 2.45) is 0 Å². The third-order valence-corrected chi connectivity index (χ3v) is 0.772. The Morgan fingerprint density at radius 2 is 2.00 bits per heavy atom. The van der Waals surface area contributed by atoms with Crippen molar-refractivity contribution in [1.82, 2.24) is 0 Å². The summed E-state index contributed by atoms with van der Waals surface area (Å²) in [6.45, 7) is 5.03. The van der Waals surface area contributed by atoms with Gasteiger partial charge in [-0.2, -0.15) is 0 Å². The number of allylic oxidation sites excluding steroid dienone is 1. The third kappa shape index (κ3) is 15.7. The van der Waals surface area contributed by atoms with Crippen LogP contribution < -0.4 is 12.4 Å². The molecule has 0 atom stereocenters. The number of halogens is 2. The minimum absolute atomic E-state index is 0. The first-order chi connectivity index (χ1) is 2.91. The molecule has 0 aliphatic heterocycles. The zero-order valence-electron chi connectivity index (χ0n) is 4.74. The minimum atomic E-state index is 0. The maximum Gasteiger partial charge on any atom is 1.00 e. The van der Waals surface area contributed by atoms with Gasteiger partial charge < -0.3 is 12.4 Å². The van der Waals surface area contributed by atoms with E-state index in [9.17, 15) is 0 Å². The van der Waals surface area contributed by atoms with E-state index in [1.54, 1.807) is 6.08 Å². The normalized spacial score (nSPS) is 6.12. The molecule has 0 rings (SSSR count). The Kier molecular flexibility index (Phi) is 31.7. The summed E-state index contributed by atoms with van der Waals surface area (Å²) in [7, 11) is 0. The second-order valence-corrected chi connectivity index (χ2v) is 1.44. The van der Waals surface area contributed by atoms with E-state index in [0.29, 0.717) is 5.88 Å². The Labute approximate surface area is 82.6 Å². The number of unbranched alkanes of at least 4 members (excludes halogenated alkanes) is 1. The Morgan fingerprint density at radius 3 is 2.12 bits per heavy atom. The van der Waals surface area contributed by atoms with Crippen LogP contribution in [0, 0.1) is 6.58 Å². The van der Waals surface area contributed by atoms with Gasteiger partial charge in [0.15, 0.2) is 0 Å². The van der Waals surface area contributed by atoms with Crippen molar-refractivity contribution in [2.45, 2.75) is 12.8 Å². The molecule has 8 heavy (non-hydrogen) atoms. The molecule has 0 bridgehead atoms. The molecule has 0 unspecified atom stereocenters. The fraction of sp³-hybridized carbons (Fsp3) is 0.600. The van der Waals surface area contributed by atoms with Crippen molar-refractivity contribution in [1.29, 1.82) is 0 Å². The molecule has 44 valence electrons. The summed E-state index contributed by atoms with van der Waals surface area (Å²) in [4.78, 5) is 0. The van der Waals surface area contributed by atoms with Gasteiger partial charge in [0, 0.05) is 5.88 Å². The molecule has 0 aromatic heterocycles. The largest absolute Gasteiger partial charge is 1.00 e. The van der Waals surface area contributed by atoms with Crippen LogP contribution >= 0.6 is 11.6 Å². The number of hydrogen-bond acceptors (Lipinski definition) is 0. The first kappa shape index (κ1) is 16.1. The SMILES string of the molecule is [CH]=CCCCCl.[Cl-].[Hg+]. The number of alkyl halides is 1. The quantitative estimate of drug-likeness (QED) is 0.351. The maximum atomic E-state index is 5.30. The summed E-state index contributed by atoms with van der Waals surface area (Å²) in [6, 6.07) is 0. The Balaban J connectivity index is -0.000000125. The third-order valence-electron chi connectivity index (χ3n) is 0.504. The van der Waals surface area contributed by atoms with Crippen molar-refractivity contribution in [2.75, 3.05) is 5.88 Å². The van der Waals surface area contributed by atoms with E-state index >= 15 is 0 Å². The van der Waals surface area contributed by atoms with Crippen molar-refractivity contribution in [3.63, 3.8) is 0 Å². The van der Waals surface area contributed by atoms with Gasteiger partial charge in [0.25, 0.3) is 0 Å². The van der Waals surface area contributed by atoms with Crippen molar-refractivity contribution >= 4 is 11.6 Å². The van der Waals surface area contributed by atoms with Crippen LogP contribution in [0.15, 0.2) is 6.08 Å². The van der Waals surface area contributed by atoms with Crippen LogP contribution in [0.5, 0.6) is 0 Å². The van der Waals surface area contributed by atoms with Gasteiger partial charge in [0.2, 0.25) is 0 Å². The predicted octanol–water partition coefficient (Wildman–Crippen LogP) is -1.00. The average Bonchev–Trinajstić information content (AvgIpc) is 1.61. The smallest absolute Gasteiger partial charge is 1.00 e. The molecule has 0 aromatic rings. The van der Waals surface area contributed by atoms with Gasteiger partial charge in [-0.15, -0.1) is 11.6 Å². The Morgan fingerprint density at radius 1 is 1.50 bits per heavy atom. The predicted molar refractivity (Wildman–Crippen MR) is 28.8 cm³/mol.